The summed E-state index contributed by atoms with van der Waals surface area (Å²) in [6, 6.07) is 7.16. The predicted molar refractivity (Wildman–Crippen MR) is 77.1 cm³/mol. The van der Waals surface area contributed by atoms with Gasteiger partial charge in [0.1, 0.15) is 6.61 Å². The maximum absolute atomic E-state index is 12.0. The van der Waals surface area contributed by atoms with Gasteiger partial charge in [-0.05, 0) is 29.8 Å². The Morgan fingerprint density at radius 3 is 2.86 bits per heavy atom. The fourth-order valence-electron chi connectivity index (χ4n) is 1.72. The Hall–Kier alpha value is -3.29. The molecule has 3 rings (SSSR count). The average molecular weight is 296 g/mol. The number of pyridine rings is 2. The summed E-state index contributed by atoms with van der Waals surface area (Å²) >= 11 is 0. The molecule has 0 unspecified atom stereocenters. The van der Waals surface area contributed by atoms with Gasteiger partial charge in [0.25, 0.3) is 5.91 Å². The van der Waals surface area contributed by atoms with Crippen LogP contribution in [0.2, 0.25) is 0 Å². The number of nitrogens with one attached hydrogen (secondary N) is 2. The molecule has 3 aromatic rings. The van der Waals surface area contributed by atoms with Crippen molar-refractivity contribution in [1.29, 1.82) is 0 Å². The number of rotatable bonds is 5. The van der Waals surface area contributed by atoms with E-state index in [2.05, 4.69) is 30.7 Å². The molecule has 0 spiro atoms. The van der Waals surface area contributed by atoms with Gasteiger partial charge in [-0.15, -0.1) is 0 Å². The highest BCUT2D eigenvalue weighted by Crippen LogP contribution is 2.22. The van der Waals surface area contributed by atoms with Crippen molar-refractivity contribution >= 4 is 11.7 Å². The number of carbonyl (C=O) groups excluding carboxylic acids is 1. The highest BCUT2D eigenvalue weighted by atomic mass is 16.5. The van der Waals surface area contributed by atoms with Crippen LogP contribution in [-0.2, 0) is 6.61 Å². The van der Waals surface area contributed by atoms with E-state index in [9.17, 15) is 4.79 Å². The predicted octanol–water partition coefficient (Wildman–Crippen LogP) is 1.43. The zero-order valence-corrected chi connectivity index (χ0v) is 11.4. The number of nitrogens with zero attached hydrogens (tertiary/aromatic N) is 4. The van der Waals surface area contributed by atoms with Crippen molar-refractivity contribution in [2.24, 2.45) is 0 Å². The number of ether oxygens (including phenoxy) is 1. The molecule has 0 radical (unpaired) electrons. The summed E-state index contributed by atoms with van der Waals surface area (Å²) in [6.45, 7) is 0.348. The zero-order chi connectivity index (χ0) is 15.2. The fourth-order valence-corrected chi connectivity index (χ4v) is 1.72. The number of aromatic amines is 1. The van der Waals surface area contributed by atoms with Crippen LogP contribution in [0.3, 0.4) is 0 Å². The number of hydrogen-bond donors (Lipinski definition) is 2. The Morgan fingerprint density at radius 1 is 1.23 bits per heavy atom. The van der Waals surface area contributed by atoms with E-state index in [1.807, 2.05) is 12.1 Å². The first-order valence-corrected chi connectivity index (χ1v) is 6.47. The molecule has 2 N–H and O–H groups in total. The molecule has 8 nitrogen and oxygen atoms in total. The molecule has 0 aliphatic heterocycles. The van der Waals surface area contributed by atoms with Crippen LogP contribution in [0.4, 0.5) is 5.82 Å². The third-order valence-corrected chi connectivity index (χ3v) is 2.79. The monoisotopic (exact) mass is 296 g/mol. The Labute approximate surface area is 125 Å². The lowest BCUT2D eigenvalue weighted by Gasteiger charge is -2.10. The normalized spacial score (nSPS) is 10.2. The number of amides is 1. The minimum atomic E-state index is -0.416. The molecule has 8 heteroatoms. The molecule has 110 valence electrons. The van der Waals surface area contributed by atoms with Crippen molar-refractivity contribution in [2.75, 3.05) is 5.32 Å². The Kier molecular flexibility index (Phi) is 4.01. The molecule has 0 atom stereocenters. The first kappa shape index (κ1) is 13.7. The quantitative estimate of drug-likeness (QED) is 0.737. The summed E-state index contributed by atoms with van der Waals surface area (Å²) in [7, 11) is 0. The van der Waals surface area contributed by atoms with Gasteiger partial charge in [0.05, 0.1) is 6.20 Å². The van der Waals surface area contributed by atoms with E-state index in [1.54, 1.807) is 30.7 Å². The van der Waals surface area contributed by atoms with Crippen molar-refractivity contribution < 1.29 is 9.53 Å². The molecule has 3 aromatic heterocycles. The summed E-state index contributed by atoms with van der Waals surface area (Å²) in [5.41, 5.74) is 1.14. The van der Waals surface area contributed by atoms with Gasteiger partial charge < -0.3 is 10.1 Å². The Morgan fingerprint density at radius 2 is 2.09 bits per heavy atom. The molecule has 0 aliphatic rings. The van der Waals surface area contributed by atoms with Crippen LogP contribution >= 0.6 is 0 Å². The largest absolute Gasteiger partial charge is 0.485 e. The SMILES string of the molecule is O=C(Nc1ncccc1OCc1ccncc1)c1cn[nH]n1. The van der Waals surface area contributed by atoms with Gasteiger partial charge in [-0.3, -0.25) is 9.78 Å². The molecule has 22 heavy (non-hydrogen) atoms. The summed E-state index contributed by atoms with van der Waals surface area (Å²) in [4.78, 5) is 20.0. The average Bonchev–Trinajstić information content (AvgIpc) is 3.10. The summed E-state index contributed by atoms with van der Waals surface area (Å²) in [5.74, 6) is 0.377. The molecule has 1 amide bonds. The van der Waals surface area contributed by atoms with Crippen molar-refractivity contribution in [3.8, 4) is 5.75 Å². The van der Waals surface area contributed by atoms with Crippen LogP contribution in [0.25, 0.3) is 0 Å². The lowest BCUT2D eigenvalue weighted by Crippen LogP contribution is -2.14. The van der Waals surface area contributed by atoms with Gasteiger partial charge in [0, 0.05) is 18.6 Å². The molecule has 0 saturated carbocycles. The van der Waals surface area contributed by atoms with Gasteiger partial charge in [0.2, 0.25) is 0 Å². The molecule has 0 bridgehead atoms. The third-order valence-electron chi connectivity index (χ3n) is 2.79. The van der Waals surface area contributed by atoms with Crippen LogP contribution < -0.4 is 10.1 Å². The van der Waals surface area contributed by atoms with E-state index >= 15 is 0 Å². The van der Waals surface area contributed by atoms with E-state index in [0.717, 1.165) is 5.56 Å². The van der Waals surface area contributed by atoms with E-state index in [4.69, 9.17) is 4.74 Å². The minimum absolute atomic E-state index is 0.172. The van der Waals surface area contributed by atoms with E-state index in [0.29, 0.717) is 18.2 Å². The third kappa shape index (κ3) is 3.23. The summed E-state index contributed by atoms with van der Waals surface area (Å²) in [6.07, 6.45) is 6.28. The zero-order valence-electron chi connectivity index (χ0n) is 11.4. The molecule has 0 fully saturated rings. The Bertz CT molecular complexity index is 745. The smallest absolute Gasteiger partial charge is 0.279 e. The highest BCUT2D eigenvalue weighted by molar-refractivity contribution is 6.02. The lowest BCUT2D eigenvalue weighted by atomic mass is 10.3. The van der Waals surface area contributed by atoms with Crippen molar-refractivity contribution in [3.63, 3.8) is 0 Å². The standard InChI is InChI=1S/C14H12N6O2/c21-14(11-8-17-20-19-11)18-13-12(2-1-5-16-13)22-9-10-3-6-15-7-4-10/h1-8H,9H2,(H,16,18,21)(H,17,19,20). The maximum Gasteiger partial charge on any atom is 0.279 e. The van der Waals surface area contributed by atoms with Crippen LogP contribution in [0.5, 0.6) is 5.75 Å². The number of hydrogen-bond acceptors (Lipinski definition) is 6. The van der Waals surface area contributed by atoms with E-state index in [1.165, 1.54) is 6.20 Å². The number of anilines is 1. The summed E-state index contributed by atoms with van der Waals surface area (Å²) in [5, 5.41) is 12.3. The van der Waals surface area contributed by atoms with Gasteiger partial charge in [0.15, 0.2) is 17.3 Å². The maximum atomic E-state index is 12.0. The molecule has 0 saturated heterocycles. The minimum Gasteiger partial charge on any atom is -0.485 e. The van der Waals surface area contributed by atoms with Crippen LogP contribution in [0, 0.1) is 0 Å². The second-order valence-electron chi connectivity index (χ2n) is 4.30. The van der Waals surface area contributed by atoms with Crippen molar-refractivity contribution in [1.82, 2.24) is 25.4 Å². The lowest BCUT2D eigenvalue weighted by molar-refractivity contribution is 0.102. The van der Waals surface area contributed by atoms with Gasteiger partial charge in [-0.25, -0.2) is 4.98 Å². The molecule has 0 aliphatic carbocycles. The molecule has 3 heterocycles. The van der Waals surface area contributed by atoms with Crippen LogP contribution in [0.15, 0.2) is 49.1 Å². The topological polar surface area (TPSA) is 106 Å². The molecular formula is C14H12N6O2. The van der Waals surface area contributed by atoms with Crippen LogP contribution in [0.1, 0.15) is 16.1 Å². The van der Waals surface area contributed by atoms with E-state index in [-0.39, 0.29) is 5.69 Å². The van der Waals surface area contributed by atoms with Crippen molar-refractivity contribution in [2.45, 2.75) is 6.61 Å². The number of aromatic nitrogens is 5. The molecular weight excluding hydrogens is 284 g/mol. The second kappa shape index (κ2) is 6.44. The first-order chi connectivity index (χ1) is 10.8. The second-order valence-corrected chi connectivity index (χ2v) is 4.30. The number of H-pyrrole nitrogens is 1. The molecule has 0 aromatic carbocycles. The highest BCUT2D eigenvalue weighted by Gasteiger charge is 2.13. The van der Waals surface area contributed by atoms with Gasteiger partial charge in [-0.2, -0.15) is 15.4 Å². The fraction of sp³-hybridized carbons (Fsp3) is 0.0714. The summed E-state index contributed by atoms with van der Waals surface area (Å²) < 4.78 is 5.69. The van der Waals surface area contributed by atoms with Crippen LogP contribution in [-0.4, -0.2) is 31.3 Å². The van der Waals surface area contributed by atoms with Gasteiger partial charge >= 0.3 is 0 Å². The van der Waals surface area contributed by atoms with Gasteiger partial charge in [-0.1, -0.05) is 0 Å². The van der Waals surface area contributed by atoms with E-state index < -0.39 is 5.91 Å². The van der Waals surface area contributed by atoms with Crippen molar-refractivity contribution in [3.05, 3.63) is 60.3 Å². The number of carbonyl (C=O) groups is 1. The first-order valence-electron chi connectivity index (χ1n) is 6.47. The Balaban J connectivity index is 1.71.